The number of nitrogens with zero attached hydrogens (tertiary/aromatic N) is 1. The number of carbonyl (C=O) groups is 1. The lowest BCUT2D eigenvalue weighted by atomic mass is 10.1. The van der Waals surface area contributed by atoms with E-state index in [-0.39, 0.29) is 5.56 Å². The van der Waals surface area contributed by atoms with Crippen LogP contribution in [0.1, 0.15) is 15.9 Å². The van der Waals surface area contributed by atoms with Gasteiger partial charge in [0.25, 0.3) is 5.56 Å². The highest BCUT2D eigenvalue weighted by atomic mass is 16.5. The van der Waals surface area contributed by atoms with Gasteiger partial charge >= 0.3 is 0 Å². The van der Waals surface area contributed by atoms with Crippen molar-refractivity contribution in [1.82, 2.24) is 9.97 Å². The molecule has 0 atom stereocenters. The third kappa shape index (κ3) is 2.33. The van der Waals surface area contributed by atoms with E-state index < -0.39 is 5.56 Å². The van der Waals surface area contributed by atoms with Gasteiger partial charge in [-0.15, -0.1) is 0 Å². The highest BCUT2D eigenvalue weighted by Gasteiger charge is 2.17. The third-order valence-electron chi connectivity index (χ3n) is 3.33. The molecule has 7 heteroatoms. The molecule has 0 aliphatic carbocycles. The minimum atomic E-state index is -0.431. The van der Waals surface area contributed by atoms with Crippen LogP contribution < -0.4 is 20.9 Å². The van der Waals surface area contributed by atoms with Crippen LogP contribution in [-0.2, 0) is 0 Å². The van der Waals surface area contributed by atoms with Crippen LogP contribution in [0, 0.1) is 6.92 Å². The summed E-state index contributed by atoms with van der Waals surface area (Å²) in [5.41, 5.74) is 2.51. The van der Waals surface area contributed by atoms with Crippen LogP contribution in [0.25, 0.3) is 0 Å². The number of pyridine rings is 2. The van der Waals surface area contributed by atoms with Crippen molar-refractivity contribution in [3.05, 3.63) is 39.9 Å². The molecule has 3 rings (SSSR count). The molecule has 7 nitrogen and oxygen atoms in total. The Morgan fingerprint density at radius 2 is 2.29 bits per heavy atom. The van der Waals surface area contributed by atoms with Gasteiger partial charge in [-0.05, 0) is 13.0 Å². The second-order valence-corrected chi connectivity index (χ2v) is 4.63. The number of anilines is 3. The Labute approximate surface area is 120 Å². The molecule has 0 spiro atoms. The van der Waals surface area contributed by atoms with Gasteiger partial charge in [-0.2, -0.15) is 0 Å². The number of hydrogen-bond acceptors (Lipinski definition) is 6. The largest absolute Gasteiger partial charge is 0.474 e. The smallest absolute Gasteiger partial charge is 0.260 e. The number of aldehydes is 1. The standard InChI is InChI=1S/C14H14N4O3/c1-8-11(6-17-14-12(8)15-4-5-21-14)18-10-2-3-16-13(20)9(10)7-19/h2-3,6-7,15H,4-5H2,1H3,(H2,16,18,20). The van der Waals surface area contributed by atoms with Crippen molar-refractivity contribution in [2.75, 3.05) is 23.8 Å². The summed E-state index contributed by atoms with van der Waals surface area (Å²) in [4.78, 5) is 29.4. The summed E-state index contributed by atoms with van der Waals surface area (Å²) in [5.74, 6) is 0.561. The van der Waals surface area contributed by atoms with Crippen LogP contribution in [0.3, 0.4) is 0 Å². The quantitative estimate of drug-likeness (QED) is 0.739. The molecular formula is C14H14N4O3. The van der Waals surface area contributed by atoms with E-state index in [0.717, 1.165) is 11.3 Å². The average Bonchev–Trinajstić information content (AvgIpc) is 2.50. The number of aromatic amines is 1. The molecule has 0 saturated heterocycles. The Kier molecular flexibility index (Phi) is 3.31. The lowest BCUT2D eigenvalue weighted by Crippen LogP contribution is -2.20. The van der Waals surface area contributed by atoms with Crippen molar-refractivity contribution >= 4 is 23.3 Å². The summed E-state index contributed by atoms with van der Waals surface area (Å²) < 4.78 is 5.46. The molecule has 21 heavy (non-hydrogen) atoms. The number of hydrogen-bond donors (Lipinski definition) is 3. The third-order valence-corrected chi connectivity index (χ3v) is 3.33. The molecule has 1 aliphatic rings. The van der Waals surface area contributed by atoms with Gasteiger partial charge in [0.15, 0.2) is 6.29 Å². The van der Waals surface area contributed by atoms with Gasteiger partial charge in [0.1, 0.15) is 17.9 Å². The predicted octanol–water partition coefficient (Wildman–Crippen LogP) is 1.44. The highest BCUT2D eigenvalue weighted by Crippen LogP contribution is 2.34. The summed E-state index contributed by atoms with van der Waals surface area (Å²) in [5, 5.41) is 6.31. The maximum Gasteiger partial charge on any atom is 0.260 e. The number of fused-ring (bicyclic) bond motifs is 1. The van der Waals surface area contributed by atoms with Crippen molar-refractivity contribution < 1.29 is 9.53 Å². The van der Waals surface area contributed by atoms with Crippen molar-refractivity contribution in [2.45, 2.75) is 6.92 Å². The van der Waals surface area contributed by atoms with Crippen molar-refractivity contribution in [3.8, 4) is 5.88 Å². The van der Waals surface area contributed by atoms with Gasteiger partial charge in [0, 0.05) is 18.3 Å². The van der Waals surface area contributed by atoms with Gasteiger partial charge in [0.2, 0.25) is 5.88 Å². The first-order chi connectivity index (χ1) is 10.2. The Morgan fingerprint density at radius 1 is 1.43 bits per heavy atom. The molecule has 2 aromatic rings. The molecule has 3 N–H and O–H groups in total. The fourth-order valence-corrected chi connectivity index (χ4v) is 2.21. The average molecular weight is 286 g/mol. The molecule has 1 aliphatic heterocycles. The lowest BCUT2D eigenvalue weighted by molar-refractivity contribution is 0.112. The SMILES string of the molecule is Cc1c(Nc2cc[nH]c(=O)c2C=O)cnc2c1NCCO2. The molecule has 0 unspecified atom stereocenters. The Hall–Kier alpha value is -2.83. The molecule has 0 saturated carbocycles. The zero-order chi connectivity index (χ0) is 14.8. The summed E-state index contributed by atoms with van der Waals surface area (Å²) in [7, 11) is 0. The van der Waals surface area contributed by atoms with Crippen molar-refractivity contribution in [1.29, 1.82) is 0 Å². The maximum absolute atomic E-state index is 11.6. The number of nitrogens with one attached hydrogen (secondary N) is 3. The first-order valence-electron chi connectivity index (χ1n) is 6.51. The minimum absolute atomic E-state index is 0.0545. The van der Waals surface area contributed by atoms with Gasteiger partial charge in [-0.3, -0.25) is 9.59 Å². The summed E-state index contributed by atoms with van der Waals surface area (Å²) in [6.45, 7) is 3.21. The van der Waals surface area contributed by atoms with Crippen LogP contribution in [0.4, 0.5) is 17.1 Å². The van der Waals surface area contributed by atoms with E-state index in [1.165, 1.54) is 6.20 Å². The Morgan fingerprint density at radius 3 is 3.10 bits per heavy atom. The van der Waals surface area contributed by atoms with E-state index in [1.54, 1.807) is 12.3 Å². The zero-order valence-corrected chi connectivity index (χ0v) is 11.4. The molecule has 3 heterocycles. The van der Waals surface area contributed by atoms with E-state index in [4.69, 9.17) is 4.74 Å². The molecule has 108 valence electrons. The van der Waals surface area contributed by atoms with Gasteiger partial charge in [0.05, 0.1) is 17.6 Å². The predicted molar refractivity (Wildman–Crippen MR) is 78.7 cm³/mol. The maximum atomic E-state index is 11.6. The summed E-state index contributed by atoms with van der Waals surface area (Å²) >= 11 is 0. The van der Waals surface area contributed by atoms with Crippen LogP contribution in [0.5, 0.6) is 5.88 Å². The van der Waals surface area contributed by atoms with Crippen LogP contribution >= 0.6 is 0 Å². The normalized spacial score (nSPS) is 12.8. The van der Waals surface area contributed by atoms with E-state index in [1.807, 2.05) is 6.92 Å². The molecule has 0 amide bonds. The summed E-state index contributed by atoms with van der Waals surface area (Å²) in [6.07, 6.45) is 3.64. The second-order valence-electron chi connectivity index (χ2n) is 4.63. The first kappa shape index (κ1) is 13.2. The fraction of sp³-hybridized carbons (Fsp3) is 0.214. The van der Waals surface area contributed by atoms with Gasteiger partial charge < -0.3 is 20.4 Å². The monoisotopic (exact) mass is 286 g/mol. The second kappa shape index (κ2) is 5.28. The van der Waals surface area contributed by atoms with E-state index in [0.29, 0.717) is 36.7 Å². The van der Waals surface area contributed by atoms with E-state index >= 15 is 0 Å². The van der Waals surface area contributed by atoms with Gasteiger partial charge in [-0.1, -0.05) is 0 Å². The molecular weight excluding hydrogens is 272 g/mol. The highest BCUT2D eigenvalue weighted by molar-refractivity contribution is 5.86. The number of carbonyl (C=O) groups excluding carboxylic acids is 1. The molecule has 0 bridgehead atoms. The topological polar surface area (TPSA) is 96.1 Å². The van der Waals surface area contributed by atoms with Gasteiger partial charge in [-0.25, -0.2) is 4.98 Å². The van der Waals surface area contributed by atoms with Crippen molar-refractivity contribution in [3.63, 3.8) is 0 Å². The number of H-pyrrole nitrogens is 1. The molecule has 0 aromatic carbocycles. The van der Waals surface area contributed by atoms with Crippen molar-refractivity contribution in [2.24, 2.45) is 0 Å². The number of rotatable bonds is 3. The van der Waals surface area contributed by atoms with Crippen LogP contribution in [-0.4, -0.2) is 29.4 Å². The van der Waals surface area contributed by atoms with E-state index in [9.17, 15) is 9.59 Å². The first-order valence-corrected chi connectivity index (χ1v) is 6.51. The Balaban J connectivity index is 2.01. The zero-order valence-electron chi connectivity index (χ0n) is 11.4. The fourth-order valence-electron chi connectivity index (χ4n) is 2.21. The minimum Gasteiger partial charge on any atom is -0.474 e. The Bertz CT molecular complexity index is 754. The molecule has 0 radical (unpaired) electrons. The molecule has 2 aromatic heterocycles. The van der Waals surface area contributed by atoms with Crippen LogP contribution in [0.2, 0.25) is 0 Å². The lowest BCUT2D eigenvalue weighted by Gasteiger charge is -2.22. The summed E-state index contributed by atoms with van der Waals surface area (Å²) in [6, 6.07) is 1.63. The number of ether oxygens (including phenoxy) is 1. The van der Waals surface area contributed by atoms with E-state index in [2.05, 4.69) is 20.6 Å². The van der Waals surface area contributed by atoms with Crippen LogP contribution in [0.15, 0.2) is 23.3 Å². The molecule has 0 fully saturated rings. The number of aromatic nitrogens is 2.